The number of imidazole rings is 1. The lowest BCUT2D eigenvalue weighted by Gasteiger charge is -2.12. The molecule has 0 amide bonds. The van der Waals surface area contributed by atoms with E-state index in [1.54, 1.807) is 24.7 Å². The molecule has 0 spiro atoms. The molecule has 0 aliphatic rings. The molecule has 0 fully saturated rings. The second-order valence-corrected chi connectivity index (χ2v) is 4.30. The second kappa shape index (κ2) is 6.33. The topological polar surface area (TPSA) is 53.1 Å². The quantitative estimate of drug-likeness (QED) is 0.871. The number of hydrogen-bond acceptors (Lipinski definition) is 3. The number of aromatic nitrogens is 2. The first kappa shape index (κ1) is 13.5. The molecule has 2 aromatic rings. The van der Waals surface area contributed by atoms with Gasteiger partial charge in [0.15, 0.2) is 11.6 Å². The summed E-state index contributed by atoms with van der Waals surface area (Å²) < 4.78 is 21.3. The normalized spacial score (nSPS) is 10.7. The third-order valence-electron chi connectivity index (χ3n) is 2.90. The maximum Gasteiger partial charge on any atom is 0.165 e. The zero-order chi connectivity index (χ0) is 13.7. The van der Waals surface area contributed by atoms with Crippen molar-refractivity contribution in [3.05, 3.63) is 47.8 Å². The fourth-order valence-corrected chi connectivity index (χ4v) is 1.93. The van der Waals surface area contributed by atoms with Gasteiger partial charge in [-0.05, 0) is 12.5 Å². The van der Waals surface area contributed by atoms with Gasteiger partial charge in [-0.2, -0.15) is 0 Å². The van der Waals surface area contributed by atoms with E-state index in [2.05, 4.69) is 11.9 Å². The van der Waals surface area contributed by atoms with Gasteiger partial charge in [0, 0.05) is 18.7 Å². The molecule has 0 saturated carbocycles. The SMILES string of the molecule is CCCn1cncc1COc1c(F)cccc1CN. The average Bonchev–Trinajstić information content (AvgIpc) is 2.85. The Morgan fingerprint density at radius 3 is 3.00 bits per heavy atom. The number of halogens is 1. The number of rotatable bonds is 6. The van der Waals surface area contributed by atoms with E-state index in [4.69, 9.17) is 10.5 Å². The molecular formula is C14H18FN3O. The van der Waals surface area contributed by atoms with Gasteiger partial charge < -0.3 is 15.0 Å². The molecule has 1 aromatic carbocycles. The van der Waals surface area contributed by atoms with Gasteiger partial charge in [-0.1, -0.05) is 19.1 Å². The molecule has 0 atom stereocenters. The van der Waals surface area contributed by atoms with E-state index in [1.807, 2.05) is 4.57 Å². The van der Waals surface area contributed by atoms with E-state index in [1.165, 1.54) is 6.07 Å². The molecule has 2 N–H and O–H groups in total. The summed E-state index contributed by atoms with van der Waals surface area (Å²) in [6.07, 6.45) is 4.50. The minimum Gasteiger partial charge on any atom is -0.484 e. The largest absolute Gasteiger partial charge is 0.484 e. The van der Waals surface area contributed by atoms with E-state index < -0.39 is 0 Å². The fourth-order valence-electron chi connectivity index (χ4n) is 1.93. The lowest BCUT2D eigenvalue weighted by atomic mass is 10.2. The predicted molar refractivity (Wildman–Crippen MR) is 71.1 cm³/mol. The summed E-state index contributed by atoms with van der Waals surface area (Å²) in [7, 11) is 0. The van der Waals surface area contributed by atoms with Gasteiger partial charge in [0.25, 0.3) is 0 Å². The summed E-state index contributed by atoms with van der Waals surface area (Å²) in [5.74, 6) is -0.154. The first-order valence-electron chi connectivity index (χ1n) is 6.35. The number of ether oxygens (including phenoxy) is 1. The van der Waals surface area contributed by atoms with E-state index in [0.717, 1.165) is 18.7 Å². The van der Waals surface area contributed by atoms with Crippen molar-refractivity contribution in [2.75, 3.05) is 0 Å². The highest BCUT2D eigenvalue weighted by atomic mass is 19.1. The Labute approximate surface area is 112 Å². The van der Waals surface area contributed by atoms with Crippen molar-refractivity contribution >= 4 is 0 Å². The van der Waals surface area contributed by atoms with Gasteiger partial charge in [-0.3, -0.25) is 0 Å². The van der Waals surface area contributed by atoms with Crippen molar-refractivity contribution in [2.45, 2.75) is 33.0 Å². The number of nitrogens with zero attached hydrogens (tertiary/aromatic N) is 2. The van der Waals surface area contributed by atoms with E-state index in [0.29, 0.717) is 5.56 Å². The van der Waals surface area contributed by atoms with Crippen molar-refractivity contribution in [1.29, 1.82) is 0 Å². The van der Waals surface area contributed by atoms with Crippen LogP contribution < -0.4 is 10.5 Å². The molecule has 1 heterocycles. The van der Waals surface area contributed by atoms with Gasteiger partial charge >= 0.3 is 0 Å². The molecule has 4 nitrogen and oxygen atoms in total. The Morgan fingerprint density at radius 1 is 1.42 bits per heavy atom. The van der Waals surface area contributed by atoms with E-state index in [9.17, 15) is 4.39 Å². The molecule has 19 heavy (non-hydrogen) atoms. The Kier molecular flexibility index (Phi) is 4.52. The highest BCUT2D eigenvalue weighted by Crippen LogP contribution is 2.23. The zero-order valence-corrected chi connectivity index (χ0v) is 11.0. The van der Waals surface area contributed by atoms with Crippen LogP contribution >= 0.6 is 0 Å². The Hall–Kier alpha value is -1.88. The number of benzene rings is 1. The summed E-state index contributed by atoms with van der Waals surface area (Å²) in [5.41, 5.74) is 7.17. The summed E-state index contributed by atoms with van der Waals surface area (Å²) in [6, 6.07) is 4.77. The number of hydrogen-bond donors (Lipinski definition) is 1. The van der Waals surface area contributed by atoms with Crippen LogP contribution in [0.5, 0.6) is 5.75 Å². The highest BCUT2D eigenvalue weighted by Gasteiger charge is 2.10. The Morgan fingerprint density at radius 2 is 2.26 bits per heavy atom. The molecule has 5 heteroatoms. The molecule has 0 aliphatic carbocycles. The van der Waals surface area contributed by atoms with Gasteiger partial charge in [0.1, 0.15) is 6.61 Å². The molecule has 0 radical (unpaired) electrons. The van der Waals surface area contributed by atoms with Gasteiger partial charge in [-0.15, -0.1) is 0 Å². The molecule has 0 saturated heterocycles. The second-order valence-electron chi connectivity index (χ2n) is 4.30. The molecule has 2 rings (SSSR count). The van der Waals surface area contributed by atoms with Crippen LogP contribution in [0.4, 0.5) is 4.39 Å². The van der Waals surface area contributed by atoms with Crippen LogP contribution in [0.15, 0.2) is 30.7 Å². The minimum absolute atomic E-state index is 0.231. The van der Waals surface area contributed by atoms with Crippen molar-refractivity contribution < 1.29 is 9.13 Å². The maximum absolute atomic E-state index is 13.7. The summed E-state index contributed by atoms with van der Waals surface area (Å²) >= 11 is 0. The molecule has 1 aromatic heterocycles. The molecule has 0 aliphatic heterocycles. The molecule has 0 bridgehead atoms. The van der Waals surface area contributed by atoms with E-state index >= 15 is 0 Å². The highest BCUT2D eigenvalue weighted by molar-refractivity contribution is 5.34. The fraction of sp³-hybridized carbons (Fsp3) is 0.357. The van der Waals surface area contributed by atoms with Crippen LogP contribution in [0.3, 0.4) is 0 Å². The molecular weight excluding hydrogens is 245 g/mol. The van der Waals surface area contributed by atoms with Crippen LogP contribution in [0.25, 0.3) is 0 Å². The Bertz CT molecular complexity index is 539. The Balaban J connectivity index is 2.12. The minimum atomic E-state index is -0.385. The zero-order valence-electron chi connectivity index (χ0n) is 11.0. The van der Waals surface area contributed by atoms with Crippen LogP contribution in [0.1, 0.15) is 24.6 Å². The van der Waals surface area contributed by atoms with E-state index in [-0.39, 0.29) is 24.7 Å². The predicted octanol–water partition coefficient (Wildman–Crippen LogP) is 2.47. The summed E-state index contributed by atoms with van der Waals surface area (Å²) in [5, 5.41) is 0. The van der Waals surface area contributed by atoms with Crippen molar-refractivity contribution in [1.82, 2.24) is 9.55 Å². The lowest BCUT2D eigenvalue weighted by molar-refractivity contribution is 0.277. The monoisotopic (exact) mass is 263 g/mol. The van der Waals surface area contributed by atoms with Crippen molar-refractivity contribution in [3.8, 4) is 5.75 Å². The molecule has 102 valence electrons. The van der Waals surface area contributed by atoms with Gasteiger partial charge in [-0.25, -0.2) is 9.37 Å². The van der Waals surface area contributed by atoms with Crippen molar-refractivity contribution in [2.24, 2.45) is 5.73 Å². The standard InChI is InChI=1S/C14H18FN3O/c1-2-6-18-10-17-8-12(18)9-19-14-11(7-16)4-3-5-13(14)15/h3-5,8,10H,2,6-7,9,16H2,1H3. The van der Waals surface area contributed by atoms with Crippen LogP contribution in [0, 0.1) is 5.82 Å². The lowest BCUT2D eigenvalue weighted by Crippen LogP contribution is -2.08. The summed E-state index contributed by atoms with van der Waals surface area (Å²) in [4.78, 5) is 4.08. The van der Waals surface area contributed by atoms with Crippen molar-refractivity contribution in [3.63, 3.8) is 0 Å². The first-order valence-corrected chi connectivity index (χ1v) is 6.35. The van der Waals surface area contributed by atoms with Gasteiger partial charge in [0.05, 0.1) is 18.2 Å². The smallest absolute Gasteiger partial charge is 0.165 e. The number of para-hydroxylation sites is 1. The number of nitrogens with two attached hydrogens (primary N) is 1. The van der Waals surface area contributed by atoms with Crippen LogP contribution in [-0.2, 0) is 19.7 Å². The maximum atomic E-state index is 13.7. The number of aryl methyl sites for hydroxylation is 1. The first-order chi connectivity index (χ1) is 9.26. The molecule has 0 unspecified atom stereocenters. The van der Waals surface area contributed by atoms with Crippen LogP contribution in [0.2, 0.25) is 0 Å². The van der Waals surface area contributed by atoms with Crippen LogP contribution in [-0.4, -0.2) is 9.55 Å². The third-order valence-corrected chi connectivity index (χ3v) is 2.90. The van der Waals surface area contributed by atoms with Gasteiger partial charge in [0.2, 0.25) is 0 Å². The summed E-state index contributed by atoms with van der Waals surface area (Å²) in [6.45, 7) is 3.50. The average molecular weight is 263 g/mol. The third kappa shape index (κ3) is 3.12.